The van der Waals surface area contributed by atoms with Crippen molar-refractivity contribution < 1.29 is 0 Å². The van der Waals surface area contributed by atoms with Crippen molar-refractivity contribution >= 4 is 0 Å². The van der Waals surface area contributed by atoms with Crippen molar-refractivity contribution in [2.24, 2.45) is 0 Å². The quantitative estimate of drug-likeness (QED) is 0.867. The summed E-state index contributed by atoms with van der Waals surface area (Å²) >= 11 is 0. The average molecular weight is 241 g/mol. The van der Waals surface area contributed by atoms with Crippen molar-refractivity contribution in [3.05, 3.63) is 42.4 Å². The third-order valence-corrected chi connectivity index (χ3v) is 3.57. The molecule has 0 radical (unpaired) electrons. The van der Waals surface area contributed by atoms with Gasteiger partial charge in [0.05, 0.1) is 11.9 Å². The number of H-pyrrole nitrogens is 1. The predicted octanol–water partition coefficient (Wildman–Crippen LogP) is 2.76. The van der Waals surface area contributed by atoms with E-state index in [2.05, 4.69) is 39.6 Å². The fourth-order valence-corrected chi connectivity index (χ4v) is 2.56. The van der Waals surface area contributed by atoms with Crippen LogP contribution < -0.4 is 5.32 Å². The number of nitrogens with zero attached hydrogens (tertiary/aromatic N) is 1. The van der Waals surface area contributed by atoms with E-state index >= 15 is 0 Å². The standard InChI is InChI=1S/C15H19N3/c1-2-6-12(7-3-1)14-11-17-15(18-14)10-13-8-4-5-9-16-13/h1-3,6-7,11,13,16H,4-5,8-10H2,(H,17,18). The number of hydrogen-bond acceptors (Lipinski definition) is 2. The first-order valence-corrected chi connectivity index (χ1v) is 6.74. The molecule has 94 valence electrons. The molecule has 0 amide bonds. The number of aromatic nitrogens is 2. The Hall–Kier alpha value is -1.61. The first-order valence-electron chi connectivity index (χ1n) is 6.74. The van der Waals surface area contributed by atoms with Gasteiger partial charge in [-0.25, -0.2) is 4.98 Å². The highest BCUT2D eigenvalue weighted by Gasteiger charge is 2.14. The van der Waals surface area contributed by atoms with E-state index < -0.39 is 0 Å². The van der Waals surface area contributed by atoms with E-state index in [0.29, 0.717) is 6.04 Å². The molecule has 1 unspecified atom stereocenters. The SMILES string of the molecule is c1ccc(-c2cnc(CC3CCCCN3)[nH]2)cc1. The van der Waals surface area contributed by atoms with Crippen molar-refractivity contribution in [2.75, 3.05) is 6.54 Å². The number of piperidine rings is 1. The van der Waals surface area contributed by atoms with E-state index in [-0.39, 0.29) is 0 Å². The van der Waals surface area contributed by atoms with Gasteiger partial charge in [0.15, 0.2) is 0 Å². The van der Waals surface area contributed by atoms with Gasteiger partial charge in [0, 0.05) is 12.5 Å². The maximum atomic E-state index is 4.49. The summed E-state index contributed by atoms with van der Waals surface area (Å²) in [6.45, 7) is 1.15. The lowest BCUT2D eigenvalue weighted by molar-refractivity contribution is 0.395. The summed E-state index contributed by atoms with van der Waals surface area (Å²) < 4.78 is 0. The van der Waals surface area contributed by atoms with Crippen LogP contribution in [0.5, 0.6) is 0 Å². The smallest absolute Gasteiger partial charge is 0.108 e. The monoisotopic (exact) mass is 241 g/mol. The fraction of sp³-hybridized carbons (Fsp3) is 0.400. The molecule has 3 rings (SSSR count). The molecule has 0 aliphatic carbocycles. The second-order valence-corrected chi connectivity index (χ2v) is 4.96. The van der Waals surface area contributed by atoms with Crippen LogP contribution in [0.4, 0.5) is 0 Å². The summed E-state index contributed by atoms with van der Waals surface area (Å²) in [5.74, 6) is 1.09. The maximum absolute atomic E-state index is 4.49. The summed E-state index contributed by atoms with van der Waals surface area (Å²) in [5, 5.41) is 3.56. The van der Waals surface area contributed by atoms with Gasteiger partial charge in [-0.2, -0.15) is 0 Å². The fourth-order valence-electron chi connectivity index (χ4n) is 2.56. The lowest BCUT2D eigenvalue weighted by Crippen LogP contribution is -2.35. The van der Waals surface area contributed by atoms with E-state index in [0.717, 1.165) is 24.5 Å². The predicted molar refractivity (Wildman–Crippen MR) is 73.4 cm³/mol. The summed E-state index contributed by atoms with van der Waals surface area (Å²) in [5.41, 5.74) is 2.31. The molecule has 3 heteroatoms. The van der Waals surface area contributed by atoms with Gasteiger partial charge >= 0.3 is 0 Å². The zero-order valence-electron chi connectivity index (χ0n) is 10.5. The zero-order chi connectivity index (χ0) is 12.2. The van der Waals surface area contributed by atoms with Crippen molar-refractivity contribution in [3.63, 3.8) is 0 Å². The maximum Gasteiger partial charge on any atom is 0.108 e. The average Bonchev–Trinajstić information content (AvgIpc) is 2.89. The number of benzene rings is 1. The van der Waals surface area contributed by atoms with Crippen LogP contribution >= 0.6 is 0 Å². The molecule has 1 aromatic heterocycles. The Bertz CT molecular complexity index is 483. The Morgan fingerprint density at radius 2 is 2.06 bits per heavy atom. The molecular formula is C15H19N3. The molecule has 1 atom stereocenters. The van der Waals surface area contributed by atoms with Gasteiger partial charge in [0.25, 0.3) is 0 Å². The highest BCUT2D eigenvalue weighted by molar-refractivity contribution is 5.57. The highest BCUT2D eigenvalue weighted by atomic mass is 15.0. The Morgan fingerprint density at radius 1 is 1.17 bits per heavy atom. The topological polar surface area (TPSA) is 40.7 Å². The minimum atomic E-state index is 0.591. The third kappa shape index (κ3) is 2.62. The minimum absolute atomic E-state index is 0.591. The molecule has 2 aromatic rings. The molecule has 1 aromatic carbocycles. The van der Waals surface area contributed by atoms with E-state index in [1.165, 1.54) is 24.8 Å². The number of aromatic amines is 1. The van der Waals surface area contributed by atoms with E-state index in [4.69, 9.17) is 0 Å². The molecule has 2 heterocycles. The molecule has 2 N–H and O–H groups in total. The molecule has 1 aliphatic heterocycles. The van der Waals surface area contributed by atoms with Gasteiger partial charge in [-0.15, -0.1) is 0 Å². The van der Waals surface area contributed by atoms with Gasteiger partial charge in [-0.05, 0) is 24.9 Å². The van der Waals surface area contributed by atoms with Crippen molar-refractivity contribution in [2.45, 2.75) is 31.7 Å². The molecule has 0 saturated carbocycles. The second kappa shape index (κ2) is 5.36. The van der Waals surface area contributed by atoms with Gasteiger partial charge in [0.2, 0.25) is 0 Å². The van der Waals surface area contributed by atoms with Gasteiger partial charge < -0.3 is 10.3 Å². The molecule has 0 spiro atoms. The lowest BCUT2D eigenvalue weighted by atomic mass is 10.0. The van der Waals surface area contributed by atoms with Crippen molar-refractivity contribution in [1.82, 2.24) is 15.3 Å². The van der Waals surface area contributed by atoms with E-state index in [1.807, 2.05) is 12.3 Å². The highest BCUT2D eigenvalue weighted by Crippen LogP contribution is 2.17. The van der Waals surface area contributed by atoms with Crippen molar-refractivity contribution in [3.8, 4) is 11.3 Å². The number of hydrogen-bond donors (Lipinski definition) is 2. The molecule has 1 fully saturated rings. The number of nitrogens with one attached hydrogen (secondary N) is 2. The third-order valence-electron chi connectivity index (χ3n) is 3.57. The van der Waals surface area contributed by atoms with Crippen LogP contribution in [0.2, 0.25) is 0 Å². The Morgan fingerprint density at radius 3 is 2.83 bits per heavy atom. The summed E-state index contributed by atoms with van der Waals surface area (Å²) in [6.07, 6.45) is 6.86. The van der Waals surface area contributed by atoms with Crippen LogP contribution in [0.3, 0.4) is 0 Å². The van der Waals surface area contributed by atoms with E-state index in [1.54, 1.807) is 0 Å². The first kappa shape index (κ1) is 11.5. The van der Waals surface area contributed by atoms with Crippen molar-refractivity contribution in [1.29, 1.82) is 0 Å². The molecule has 1 saturated heterocycles. The Labute approximate surface area is 108 Å². The van der Waals surface area contributed by atoms with Crippen LogP contribution in [-0.4, -0.2) is 22.6 Å². The molecule has 1 aliphatic rings. The molecule has 18 heavy (non-hydrogen) atoms. The largest absolute Gasteiger partial charge is 0.342 e. The summed E-state index contributed by atoms with van der Waals surface area (Å²) in [4.78, 5) is 7.92. The van der Waals surface area contributed by atoms with Crippen LogP contribution in [-0.2, 0) is 6.42 Å². The van der Waals surface area contributed by atoms with Crippen LogP contribution in [0.15, 0.2) is 36.5 Å². The number of imidazole rings is 1. The zero-order valence-corrected chi connectivity index (χ0v) is 10.5. The molecule has 3 nitrogen and oxygen atoms in total. The first-order chi connectivity index (χ1) is 8.92. The minimum Gasteiger partial charge on any atom is -0.342 e. The van der Waals surface area contributed by atoms with Crippen LogP contribution in [0.1, 0.15) is 25.1 Å². The summed E-state index contributed by atoms with van der Waals surface area (Å²) in [6, 6.07) is 10.9. The van der Waals surface area contributed by atoms with Crippen LogP contribution in [0.25, 0.3) is 11.3 Å². The molecule has 0 bridgehead atoms. The Kier molecular flexibility index (Phi) is 3.42. The molecular weight excluding hydrogens is 222 g/mol. The van der Waals surface area contributed by atoms with Crippen LogP contribution in [0, 0.1) is 0 Å². The Balaban J connectivity index is 1.69. The number of rotatable bonds is 3. The van der Waals surface area contributed by atoms with Gasteiger partial charge in [0.1, 0.15) is 5.82 Å². The normalized spacial score (nSPS) is 19.9. The van der Waals surface area contributed by atoms with Gasteiger partial charge in [-0.1, -0.05) is 36.8 Å². The second-order valence-electron chi connectivity index (χ2n) is 4.96. The lowest BCUT2D eigenvalue weighted by Gasteiger charge is -2.22. The van der Waals surface area contributed by atoms with E-state index in [9.17, 15) is 0 Å². The van der Waals surface area contributed by atoms with Gasteiger partial charge in [-0.3, -0.25) is 0 Å². The summed E-state index contributed by atoms with van der Waals surface area (Å²) in [7, 11) is 0.